The maximum absolute atomic E-state index is 13.4. The molecule has 0 radical (unpaired) electrons. The third-order valence-corrected chi connectivity index (χ3v) is 6.74. The van der Waals surface area contributed by atoms with Gasteiger partial charge in [-0.1, -0.05) is 23.7 Å². The predicted molar refractivity (Wildman–Crippen MR) is 141 cm³/mol. The van der Waals surface area contributed by atoms with E-state index >= 15 is 0 Å². The van der Waals surface area contributed by atoms with Crippen LogP contribution in [0.1, 0.15) is 10.4 Å². The molecule has 2 aliphatic rings. The van der Waals surface area contributed by atoms with Gasteiger partial charge in [0.2, 0.25) is 0 Å². The zero-order chi connectivity index (χ0) is 24.2. The van der Waals surface area contributed by atoms with Gasteiger partial charge in [0.15, 0.2) is 0 Å². The summed E-state index contributed by atoms with van der Waals surface area (Å²) in [6.07, 6.45) is -2.16. The highest BCUT2D eigenvalue weighted by atomic mass is 35.5. The summed E-state index contributed by atoms with van der Waals surface area (Å²) in [5.74, 6) is -0.215. The summed E-state index contributed by atoms with van der Waals surface area (Å²) >= 11 is 5.78. The Hall–Kier alpha value is -1.85. The van der Waals surface area contributed by atoms with E-state index in [1.165, 1.54) is 12.1 Å². The summed E-state index contributed by atoms with van der Waals surface area (Å²) in [5, 5.41) is 23.2. The number of aliphatic hydroxyl groups is 2. The summed E-state index contributed by atoms with van der Waals surface area (Å²) in [6.45, 7) is 2.58. The van der Waals surface area contributed by atoms with Gasteiger partial charge in [-0.2, -0.15) is 0 Å². The Morgan fingerprint density at radius 1 is 1.17 bits per heavy atom. The molecule has 4 rings (SSSR count). The zero-order valence-corrected chi connectivity index (χ0v) is 22.1. The van der Waals surface area contributed by atoms with Crippen LogP contribution in [0.4, 0.5) is 10.1 Å². The first-order chi connectivity index (χ1) is 16.4. The van der Waals surface area contributed by atoms with E-state index in [9.17, 15) is 19.4 Å². The lowest BCUT2D eigenvalue weighted by atomic mass is 10.0. The highest BCUT2D eigenvalue weighted by Crippen LogP contribution is 2.31. The number of amides is 1. The van der Waals surface area contributed by atoms with Crippen molar-refractivity contribution in [2.75, 3.05) is 51.3 Å². The van der Waals surface area contributed by atoms with Crippen molar-refractivity contribution >= 4 is 48.0 Å². The molecule has 3 N–H and O–H groups in total. The second-order valence-corrected chi connectivity index (χ2v) is 8.82. The molecule has 4 atom stereocenters. The Balaban J connectivity index is 0.00000228. The molecule has 0 aliphatic carbocycles. The number of halogens is 4. The van der Waals surface area contributed by atoms with Crippen molar-refractivity contribution in [2.45, 2.75) is 24.4 Å². The predicted octanol–water partition coefficient (Wildman–Crippen LogP) is 2.37. The molecule has 2 heterocycles. The number of carbonyl (C=O) groups excluding carboxylic acids is 1. The van der Waals surface area contributed by atoms with E-state index < -0.39 is 36.1 Å². The second kappa shape index (κ2) is 13.6. The van der Waals surface area contributed by atoms with Crippen molar-refractivity contribution in [1.82, 2.24) is 10.2 Å². The van der Waals surface area contributed by atoms with Crippen molar-refractivity contribution in [1.29, 1.82) is 0 Å². The van der Waals surface area contributed by atoms with Crippen LogP contribution < -0.4 is 15.0 Å². The number of para-hydroxylation sites is 2. The molecule has 200 valence electrons. The van der Waals surface area contributed by atoms with Crippen LogP contribution in [0, 0.1) is 5.82 Å². The minimum atomic E-state index is -0.898. The van der Waals surface area contributed by atoms with Gasteiger partial charge in [-0.15, -0.1) is 24.8 Å². The molecule has 2 saturated heterocycles. The lowest BCUT2D eigenvalue weighted by molar-refractivity contribution is -0.0209. The first-order valence-electron chi connectivity index (χ1n) is 11.2. The molecule has 0 saturated carbocycles. The molecule has 2 fully saturated rings. The molecule has 0 unspecified atom stereocenters. The van der Waals surface area contributed by atoms with Gasteiger partial charge in [-0.05, 0) is 30.3 Å². The van der Waals surface area contributed by atoms with Gasteiger partial charge in [0.1, 0.15) is 23.8 Å². The fourth-order valence-corrected chi connectivity index (χ4v) is 4.86. The topological polar surface area (TPSA) is 94.5 Å². The Bertz CT molecular complexity index is 1010. The number of anilines is 1. The molecule has 2 aromatic rings. The first-order valence-corrected chi connectivity index (χ1v) is 11.6. The summed E-state index contributed by atoms with van der Waals surface area (Å²) in [7, 11) is 1.65. The van der Waals surface area contributed by atoms with E-state index in [1.807, 2.05) is 24.3 Å². The van der Waals surface area contributed by atoms with Gasteiger partial charge in [-0.25, -0.2) is 4.39 Å². The van der Waals surface area contributed by atoms with Gasteiger partial charge in [-0.3, -0.25) is 9.69 Å². The quantitative estimate of drug-likeness (QED) is 0.474. The summed E-state index contributed by atoms with van der Waals surface area (Å²) < 4.78 is 24.8. The number of aliphatic hydroxyl groups excluding tert-OH is 2. The molecule has 0 bridgehead atoms. The van der Waals surface area contributed by atoms with Crippen LogP contribution in [-0.2, 0) is 4.74 Å². The van der Waals surface area contributed by atoms with Crippen molar-refractivity contribution in [3.05, 3.63) is 58.9 Å². The molecule has 2 aliphatic heterocycles. The Morgan fingerprint density at radius 2 is 1.86 bits per heavy atom. The third kappa shape index (κ3) is 6.52. The van der Waals surface area contributed by atoms with E-state index in [2.05, 4.69) is 15.1 Å². The monoisotopic (exact) mass is 565 g/mol. The largest absolute Gasteiger partial charge is 0.495 e. The first kappa shape index (κ1) is 30.4. The molecule has 0 spiro atoms. The highest BCUT2D eigenvalue weighted by molar-refractivity contribution is 6.31. The third-order valence-electron chi connectivity index (χ3n) is 6.45. The number of nitrogens with zero attached hydrogens (tertiary/aromatic N) is 2. The van der Waals surface area contributed by atoms with E-state index in [1.54, 1.807) is 7.11 Å². The standard InChI is InChI=1S/C24H29ClFN3O5.2ClH/c1-33-19-5-3-2-4-18(19)28-8-10-29(11-9-28)22-20(34-21(14-30)23(22)31)13-27-24(32)15-6-7-17(26)16(25)12-15;;/h2-7,12,20-23,30-31H,8-11,13-14H2,1H3,(H,27,32);2*1H/t20-,21+,22+,23-;;/m1../s1. The molecule has 2 aromatic carbocycles. The van der Waals surface area contributed by atoms with Crippen molar-refractivity contribution in [3.8, 4) is 5.75 Å². The summed E-state index contributed by atoms with van der Waals surface area (Å²) in [4.78, 5) is 16.9. The van der Waals surface area contributed by atoms with Gasteiger partial charge in [0.05, 0.1) is 36.6 Å². The molecule has 8 nitrogen and oxygen atoms in total. The summed E-state index contributed by atoms with van der Waals surface area (Å²) in [5.41, 5.74) is 1.24. The van der Waals surface area contributed by atoms with E-state index in [4.69, 9.17) is 21.1 Å². The van der Waals surface area contributed by atoms with Crippen LogP contribution in [0.25, 0.3) is 0 Å². The van der Waals surface area contributed by atoms with Gasteiger partial charge < -0.3 is 29.9 Å². The van der Waals surface area contributed by atoms with Crippen LogP contribution in [0.15, 0.2) is 42.5 Å². The van der Waals surface area contributed by atoms with Crippen LogP contribution in [0.3, 0.4) is 0 Å². The SMILES string of the molecule is COc1ccccc1N1CCN([C@@H]2[C@H](O)[C@H](CO)O[C@@H]2CNC(=O)c2ccc(F)c(Cl)c2)CC1.Cl.Cl. The number of benzene rings is 2. The molecule has 12 heteroatoms. The highest BCUT2D eigenvalue weighted by Gasteiger charge is 2.46. The van der Waals surface area contributed by atoms with Crippen LogP contribution in [0.5, 0.6) is 5.75 Å². The van der Waals surface area contributed by atoms with Crippen molar-refractivity contribution in [2.24, 2.45) is 0 Å². The fourth-order valence-electron chi connectivity index (χ4n) is 4.68. The minimum absolute atomic E-state index is 0. The molecular weight excluding hydrogens is 536 g/mol. The number of rotatable bonds is 7. The maximum Gasteiger partial charge on any atom is 0.251 e. The van der Waals surface area contributed by atoms with Crippen molar-refractivity contribution < 1.29 is 28.9 Å². The van der Waals surface area contributed by atoms with Gasteiger partial charge in [0.25, 0.3) is 5.91 Å². The Morgan fingerprint density at radius 3 is 2.50 bits per heavy atom. The molecule has 1 amide bonds. The average molecular weight is 567 g/mol. The number of carbonyl (C=O) groups is 1. The number of ether oxygens (including phenoxy) is 2. The summed E-state index contributed by atoms with van der Waals surface area (Å²) in [6, 6.07) is 11.2. The molecule has 36 heavy (non-hydrogen) atoms. The normalized spacial score (nSPS) is 24.0. The Kier molecular flexibility index (Phi) is 11.5. The molecule has 0 aromatic heterocycles. The fraction of sp³-hybridized carbons (Fsp3) is 0.458. The van der Waals surface area contributed by atoms with E-state index in [0.29, 0.717) is 13.1 Å². The van der Waals surface area contributed by atoms with Gasteiger partial charge in [0, 0.05) is 38.3 Å². The number of methoxy groups -OCH3 is 1. The van der Waals surface area contributed by atoms with Crippen LogP contribution >= 0.6 is 36.4 Å². The second-order valence-electron chi connectivity index (χ2n) is 8.41. The number of hydrogen-bond acceptors (Lipinski definition) is 7. The smallest absolute Gasteiger partial charge is 0.251 e. The van der Waals surface area contributed by atoms with Crippen LogP contribution in [-0.4, -0.2) is 91.8 Å². The van der Waals surface area contributed by atoms with E-state index in [-0.39, 0.29) is 48.6 Å². The zero-order valence-electron chi connectivity index (χ0n) is 19.7. The minimum Gasteiger partial charge on any atom is -0.495 e. The number of piperazine rings is 1. The Labute approximate surface area is 227 Å². The molecular formula is C24H31Cl3FN3O5. The van der Waals surface area contributed by atoms with Gasteiger partial charge >= 0.3 is 0 Å². The number of nitrogens with one attached hydrogen (secondary N) is 1. The van der Waals surface area contributed by atoms with E-state index in [0.717, 1.165) is 30.6 Å². The van der Waals surface area contributed by atoms with Crippen molar-refractivity contribution in [3.63, 3.8) is 0 Å². The maximum atomic E-state index is 13.4. The lowest BCUT2D eigenvalue weighted by Crippen LogP contribution is -2.57. The average Bonchev–Trinajstić information content (AvgIpc) is 3.19. The lowest BCUT2D eigenvalue weighted by Gasteiger charge is -2.41. The van der Waals surface area contributed by atoms with Crippen LogP contribution in [0.2, 0.25) is 5.02 Å². The number of hydrogen-bond donors (Lipinski definition) is 3.